The summed E-state index contributed by atoms with van der Waals surface area (Å²) in [6, 6.07) is 8.10. The van der Waals surface area contributed by atoms with Crippen LogP contribution in [0.25, 0.3) is 0 Å². The number of likely N-dealkylation sites (tertiary alicyclic amines) is 1. The zero-order valence-corrected chi connectivity index (χ0v) is 16.2. The molecule has 2 rings (SSSR count). The van der Waals surface area contributed by atoms with Crippen LogP contribution in [-0.2, 0) is 16.1 Å². The second kappa shape index (κ2) is 10.4. The third-order valence-electron chi connectivity index (χ3n) is 4.69. The summed E-state index contributed by atoms with van der Waals surface area (Å²) in [7, 11) is 0. The van der Waals surface area contributed by atoms with Crippen LogP contribution in [0.5, 0.6) is 0 Å². The first kappa shape index (κ1) is 21.5. The highest BCUT2D eigenvalue weighted by atomic mass is 35.5. The monoisotopic (exact) mass is 367 g/mol. The van der Waals surface area contributed by atoms with E-state index in [1.165, 1.54) is 0 Å². The summed E-state index contributed by atoms with van der Waals surface area (Å²) in [6.07, 6.45) is 2.19. The van der Waals surface area contributed by atoms with Gasteiger partial charge in [-0.15, -0.1) is 12.4 Å². The van der Waals surface area contributed by atoms with E-state index >= 15 is 0 Å². The van der Waals surface area contributed by atoms with Crippen molar-refractivity contribution >= 4 is 29.9 Å². The Kier molecular flexibility index (Phi) is 8.93. The van der Waals surface area contributed by atoms with Crippen LogP contribution in [-0.4, -0.2) is 35.8 Å². The number of hydrogen-bond donors (Lipinski definition) is 2. The molecule has 25 heavy (non-hydrogen) atoms. The molecule has 6 heteroatoms. The van der Waals surface area contributed by atoms with Gasteiger partial charge in [-0.3, -0.25) is 9.59 Å². The van der Waals surface area contributed by atoms with E-state index in [1.807, 2.05) is 29.2 Å². The van der Waals surface area contributed by atoms with Gasteiger partial charge in [0.15, 0.2) is 0 Å². The zero-order chi connectivity index (χ0) is 17.5. The standard InChI is InChI=1S/C19H29N3O2.ClH/c1-4-17(5-2)22-13-15(11-18(22)23)19(24)21-16-9-7-8-14(10-16)12-20-6-3;/h7-10,15,17,20H,4-6,11-13H2,1-3H3,(H,21,24);1H. The van der Waals surface area contributed by atoms with Gasteiger partial charge in [-0.2, -0.15) is 0 Å². The molecule has 2 amide bonds. The molecule has 0 aliphatic carbocycles. The van der Waals surface area contributed by atoms with Crippen molar-refractivity contribution in [3.63, 3.8) is 0 Å². The number of hydrogen-bond acceptors (Lipinski definition) is 3. The summed E-state index contributed by atoms with van der Waals surface area (Å²) in [6.45, 7) is 8.47. The highest BCUT2D eigenvalue weighted by Crippen LogP contribution is 2.24. The fraction of sp³-hybridized carbons (Fsp3) is 0.579. The van der Waals surface area contributed by atoms with E-state index in [4.69, 9.17) is 0 Å². The molecule has 1 heterocycles. The Morgan fingerprint density at radius 2 is 2.00 bits per heavy atom. The van der Waals surface area contributed by atoms with Gasteiger partial charge >= 0.3 is 0 Å². The van der Waals surface area contributed by atoms with Crippen molar-refractivity contribution in [2.45, 2.75) is 52.6 Å². The second-order valence-corrected chi connectivity index (χ2v) is 6.39. The summed E-state index contributed by atoms with van der Waals surface area (Å²) < 4.78 is 0. The van der Waals surface area contributed by atoms with E-state index in [0.717, 1.165) is 37.2 Å². The number of carbonyl (C=O) groups is 2. The Morgan fingerprint density at radius 1 is 1.28 bits per heavy atom. The molecule has 5 nitrogen and oxygen atoms in total. The molecule has 0 saturated carbocycles. The SMILES string of the molecule is CCNCc1cccc(NC(=O)C2CC(=O)N(C(CC)CC)C2)c1.Cl. The molecular formula is C19H30ClN3O2. The molecule has 0 radical (unpaired) electrons. The summed E-state index contributed by atoms with van der Waals surface area (Å²) in [5, 5.41) is 6.24. The molecule has 1 aromatic rings. The summed E-state index contributed by atoms with van der Waals surface area (Å²) in [5.41, 5.74) is 1.93. The van der Waals surface area contributed by atoms with E-state index in [2.05, 4.69) is 31.4 Å². The van der Waals surface area contributed by atoms with E-state index < -0.39 is 0 Å². The Bertz CT molecular complexity index is 576. The summed E-state index contributed by atoms with van der Waals surface area (Å²) >= 11 is 0. The second-order valence-electron chi connectivity index (χ2n) is 6.39. The van der Waals surface area contributed by atoms with Crippen LogP contribution >= 0.6 is 12.4 Å². The van der Waals surface area contributed by atoms with E-state index in [0.29, 0.717) is 13.0 Å². The predicted molar refractivity (Wildman–Crippen MR) is 104 cm³/mol. The average molecular weight is 368 g/mol. The first-order valence-electron chi connectivity index (χ1n) is 8.98. The van der Waals surface area contributed by atoms with Gasteiger partial charge in [-0.05, 0) is 37.1 Å². The van der Waals surface area contributed by atoms with Crippen molar-refractivity contribution in [2.24, 2.45) is 5.92 Å². The van der Waals surface area contributed by atoms with Crippen molar-refractivity contribution in [1.82, 2.24) is 10.2 Å². The molecule has 140 valence electrons. The highest BCUT2D eigenvalue weighted by Gasteiger charge is 2.36. The van der Waals surface area contributed by atoms with Crippen molar-refractivity contribution in [3.05, 3.63) is 29.8 Å². The number of rotatable bonds is 8. The Morgan fingerprint density at radius 3 is 2.64 bits per heavy atom. The smallest absolute Gasteiger partial charge is 0.229 e. The third-order valence-corrected chi connectivity index (χ3v) is 4.69. The summed E-state index contributed by atoms with van der Waals surface area (Å²) in [4.78, 5) is 26.6. The fourth-order valence-corrected chi connectivity index (χ4v) is 3.26. The van der Waals surface area contributed by atoms with Gasteiger partial charge in [0.05, 0.1) is 5.92 Å². The number of amides is 2. The van der Waals surface area contributed by atoms with Crippen LogP contribution in [0, 0.1) is 5.92 Å². The number of nitrogens with one attached hydrogen (secondary N) is 2. The molecule has 2 N–H and O–H groups in total. The van der Waals surface area contributed by atoms with Gasteiger partial charge in [-0.1, -0.05) is 32.9 Å². The lowest BCUT2D eigenvalue weighted by Gasteiger charge is -2.26. The lowest BCUT2D eigenvalue weighted by Crippen LogP contribution is -2.36. The topological polar surface area (TPSA) is 61.4 Å². The van der Waals surface area contributed by atoms with E-state index in [-0.39, 0.29) is 36.2 Å². The average Bonchev–Trinajstić information content (AvgIpc) is 2.96. The van der Waals surface area contributed by atoms with Gasteiger partial charge in [-0.25, -0.2) is 0 Å². The lowest BCUT2D eigenvalue weighted by atomic mass is 10.1. The molecule has 0 spiro atoms. The van der Waals surface area contributed by atoms with Crippen LogP contribution in [0.1, 0.15) is 45.6 Å². The van der Waals surface area contributed by atoms with Gasteiger partial charge in [0.1, 0.15) is 0 Å². The zero-order valence-electron chi connectivity index (χ0n) is 15.4. The molecule has 0 bridgehead atoms. The quantitative estimate of drug-likeness (QED) is 0.741. The maximum absolute atomic E-state index is 12.5. The minimum Gasteiger partial charge on any atom is -0.339 e. The number of anilines is 1. The van der Waals surface area contributed by atoms with E-state index in [1.54, 1.807) is 0 Å². The normalized spacial score (nSPS) is 16.9. The van der Waals surface area contributed by atoms with Crippen molar-refractivity contribution < 1.29 is 9.59 Å². The molecule has 1 aliphatic rings. The minimum atomic E-state index is -0.254. The summed E-state index contributed by atoms with van der Waals surface area (Å²) in [5.74, 6) is -0.210. The Balaban J connectivity index is 0.00000312. The largest absolute Gasteiger partial charge is 0.339 e. The maximum atomic E-state index is 12.5. The van der Waals surface area contributed by atoms with Gasteiger partial charge < -0.3 is 15.5 Å². The molecule has 1 aliphatic heterocycles. The number of benzene rings is 1. The van der Waals surface area contributed by atoms with Gasteiger partial charge in [0.25, 0.3) is 0 Å². The van der Waals surface area contributed by atoms with Crippen LogP contribution in [0.15, 0.2) is 24.3 Å². The van der Waals surface area contributed by atoms with Crippen LogP contribution in [0.4, 0.5) is 5.69 Å². The molecule has 1 aromatic carbocycles. The molecule has 1 unspecified atom stereocenters. The third kappa shape index (κ3) is 5.72. The van der Waals surface area contributed by atoms with Crippen molar-refractivity contribution in [2.75, 3.05) is 18.4 Å². The maximum Gasteiger partial charge on any atom is 0.229 e. The fourth-order valence-electron chi connectivity index (χ4n) is 3.26. The Labute approximate surface area is 157 Å². The predicted octanol–water partition coefficient (Wildman–Crippen LogP) is 3.19. The Hall–Kier alpha value is -1.59. The molecule has 1 saturated heterocycles. The van der Waals surface area contributed by atoms with Crippen LogP contribution < -0.4 is 10.6 Å². The molecule has 0 aromatic heterocycles. The number of nitrogens with zero attached hydrogens (tertiary/aromatic N) is 1. The van der Waals surface area contributed by atoms with Gasteiger partial charge in [0.2, 0.25) is 11.8 Å². The number of carbonyl (C=O) groups excluding carboxylic acids is 2. The number of halogens is 1. The van der Waals surface area contributed by atoms with Crippen LogP contribution in [0.2, 0.25) is 0 Å². The molecular weight excluding hydrogens is 338 g/mol. The van der Waals surface area contributed by atoms with Gasteiger partial charge in [0, 0.05) is 31.2 Å². The van der Waals surface area contributed by atoms with E-state index in [9.17, 15) is 9.59 Å². The van der Waals surface area contributed by atoms with Crippen LogP contribution in [0.3, 0.4) is 0 Å². The molecule has 1 fully saturated rings. The van der Waals surface area contributed by atoms with Crippen molar-refractivity contribution in [3.8, 4) is 0 Å². The molecule has 1 atom stereocenters. The lowest BCUT2D eigenvalue weighted by molar-refractivity contribution is -0.130. The van der Waals surface area contributed by atoms with Crippen molar-refractivity contribution in [1.29, 1.82) is 0 Å². The first-order chi connectivity index (χ1) is 11.6. The minimum absolute atomic E-state index is 0. The first-order valence-corrected chi connectivity index (χ1v) is 8.98. The highest BCUT2D eigenvalue weighted by molar-refractivity contribution is 5.97.